The average molecular weight is 363 g/mol. The Kier molecular flexibility index (Phi) is 3.49. The number of hydrogen-bond acceptors (Lipinski definition) is 6. The van der Waals surface area contributed by atoms with Crippen LogP contribution in [0.1, 0.15) is 22.7 Å². The number of rotatable bonds is 3. The van der Waals surface area contributed by atoms with Crippen LogP contribution in [0.4, 0.5) is 5.82 Å². The third-order valence-corrected chi connectivity index (χ3v) is 6.09. The summed E-state index contributed by atoms with van der Waals surface area (Å²) >= 11 is 1.78. The highest BCUT2D eigenvalue weighted by Crippen LogP contribution is 2.39. The molecule has 4 aromatic rings. The summed E-state index contributed by atoms with van der Waals surface area (Å²) in [6, 6.07) is 7.39. The van der Waals surface area contributed by atoms with Crippen molar-refractivity contribution in [3.63, 3.8) is 0 Å². The average Bonchev–Trinajstić information content (AvgIpc) is 3.22. The van der Waals surface area contributed by atoms with Crippen LogP contribution in [0.25, 0.3) is 21.1 Å². The minimum atomic E-state index is -0.108. The van der Waals surface area contributed by atoms with Crippen molar-refractivity contribution in [3.05, 3.63) is 57.2 Å². The zero-order valence-corrected chi connectivity index (χ0v) is 15.1. The number of H-pyrrole nitrogens is 1. The number of fused-ring (bicyclic) bond motifs is 4. The molecule has 0 bridgehead atoms. The Balaban J connectivity index is 1.56. The summed E-state index contributed by atoms with van der Waals surface area (Å²) < 4.78 is 0. The second kappa shape index (κ2) is 5.88. The van der Waals surface area contributed by atoms with Crippen LogP contribution in [0, 0.1) is 0 Å². The fourth-order valence-corrected chi connectivity index (χ4v) is 4.93. The van der Waals surface area contributed by atoms with Gasteiger partial charge in [0.05, 0.1) is 22.8 Å². The Labute approximate surface area is 153 Å². The number of anilines is 1. The van der Waals surface area contributed by atoms with E-state index in [0.29, 0.717) is 23.3 Å². The molecular formula is C19H17N5OS. The quantitative estimate of drug-likeness (QED) is 0.605. The minimum absolute atomic E-state index is 0.108. The third-order valence-electron chi connectivity index (χ3n) is 4.89. The lowest BCUT2D eigenvalue weighted by Crippen LogP contribution is -2.22. The lowest BCUT2D eigenvalue weighted by Gasteiger charge is -2.19. The number of aromatic amines is 1. The van der Waals surface area contributed by atoms with Gasteiger partial charge in [0.25, 0.3) is 5.56 Å². The van der Waals surface area contributed by atoms with Crippen molar-refractivity contribution >= 4 is 38.3 Å². The molecule has 130 valence electrons. The molecule has 0 fully saturated rings. The normalized spacial score (nSPS) is 13.4. The van der Waals surface area contributed by atoms with Crippen molar-refractivity contribution in [1.29, 1.82) is 0 Å². The van der Waals surface area contributed by atoms with E-state index in [1.807, 2.05) is 30.1 Å². The molecule has 3 aromatic heterocycles. The third kappa shape index (κ3) is 2.39. The molecule has 0 radical (unpaired) electrons. The highest BCUT2D eigenvalue weighted by atomic mass is 32.1. The molecule has 6 nitrogen and oxygen atoms in total. The summed E-state index contributed by atoms with van der Waals surface area (Å²) in [5.74, 6) is 1.54. The highest BCUT2D eigenvalue weighted by molar-refractivity contribution is 7.19. The summed E-state index contributed by atoms with van der Waals surface area (Å²) in [6.45, 7) is 0.483. The molecule has 0 saturated heterocycles. The monoisotopic (exact) mass is 363 g/mol. The van der Waals surface area contributed by atoms with Crippen molar-refractivity contribution in [1.82, 2.24) is 19.9 Å². The van der Waals surface area contributed by atoms with Crippen molar-refractivity contribution in [3.8, 4) is 0 Å². The van der Waals surface area contributed by atoms with Gasteiger partial charge in [-0.15, -0.1) is 11.3 Å². The maximum atomic E-state index is 12.3. The second-order valence-corrected chi connectivity index (χ2v) is 7.70. The number of aryl methyl sites for hydroxylation is 2. The van der Waals surface area contributed by atoms with Gasteiger partial charge >= 0.3 is 0 Å². The lowest BCUT2D eigenvalue weighted by molar-refractivity contribution is 0.828. The Hall–Kier alpha value is -2.80. The number of thiophene rings is 1. The van der Waals surface area contributed by atoms with Crippen molar-refractivity contribution in [2.45, 2.75) is 25.8 Å². The van der Waals surface area contributed by atoms with Gasteiger partial charge in [0.15, 0.2) is 0 Å². The molecular weight excluding hydrogens is 346 g/mol. The van der Waals surface area contributed by atoms with E-state index in [-0.39, 0.29) is 5.56 Å². The molecule has 0 unspecified atom stereocenters. The topological polar surface area (TPSA) is 74.8 Å². The molecule has 1 aromatic carbocycles. The molecule has 0 spiro atoms. The summed E-state index contributed by atoms with van der Waals surface area (Å²) in [6.07, 6.45) is 5.05. The second-order valence-electron chi connectivity index (χ2n) is 6.62. The summed E-state index contributed by atoms with van der Waals surface area (Å²) in [5.41, 5.74) is 2.00. The van der Waals surface area contributed by atoms with Gasteiger partial charge in [-0.1, -0.05) is 12.1 Å². The molecule has 0 atom stereocenters. The standard InChI is InChI=1S/C19H17N5OS/c1-24(9-15-22-13-7-3-2-5-11(13)18(25)23-15)17-16-12-6-4-8-14(12)26-19(16)21-10-20-17/h2-3,5,7,10H,4,6,8-9H2,1H3,(H,22,23,25). The summed E-state index contributed by atoms with van der Waals surface area (Å²) in [4.78, 5) is 33.3. The van der Waals surface area contributed by atoms with E-state index in [1.54, 1.807) is 23.7 Å². The zero-order chi connectivity index (χ0) is 17.7. The van der Waals surface area contributed by atoms with Crippen LogP contribution in [0.2, 0.25) is 0 Å². The van der Waals surface area contributed by atoms with Gasteiger partial charge in [0, 0.05) is 11.9 Å². The van der Waals surface area contributed by atoms with Gasteiger partial charge in [0.1, 0.15) is 22.8 Å². The maximum Gasteiger partial charge on any atom is 0.258 e. The smallest absolute Gasteiger partial charge is 0.258 e. The predicted octanol–water partition coefficient (Wildman–Crippen LogP) is 3.05. The highest BCUT2D eigenvalue weighted by Gasteiger charge is 2.22. The molecule has 26 heavy (non-hydrogen) atoms. The molecule has 1 N–H and O–H groups in total. The zero-order valence-electron chi connectivity index (χ0n) is 14.3. The van der Waals surface area contributed by atoms with Crippen LogP contribution in [0.15, 0.2) is 35.4 Å². The Morgan fingerprint density at radius 3 is 3.04 bits per heavy atom. The largest absolute Gasteiger partial charge is 0.352 e. The Morgan fingerprint density at radius 1 is 1.23 bits per heavy atom. The van der Waals surface area contributed by atoms with Crippen LogP contribution >= 0.6 is 11.3 Å². The van der Waals surface area contributed by atoms with Gasteiger partial charge in [-0.05, 0) is 37.0 Å². The lowest BCUT2D eigenvalue weighted by atomic mass is 10.2. The number of hydrogen-bond donors (Lipinski definition) is 1. The van der Waals surface area contributed by atoms with Crippen molar-refractivity contribution in [2.75, 3.05) is 11.9 Å². The van der Waals surface area contributed by atoms with E-state index < -0.39 is 0 Å². The number of para-hydroxylation sites is 1. The fourth-order valence-electron chi connectivity index (χ4n) is 3.71. The molecule has 3 heterocycles. The van der Waals surface area contributed by atoms with Gasteiger partial charge in [-0.3, -0.25) is 4.79 Å². The van der Waals surface area contributed by atoms with Gasteiger partial charge < -0.3 is 9.88 Å². The van der Waals surface area contributed by atoms with Crippen molar-refractivity contribution in [2.24, 2.45) is 0 Å². The van der Waals surface area contributed by atoms with E-state index in [1.165, 1.54) is 16.9 Å². The first-order valence-electron chi connectivity index (χ1n) is 8.65. The van der Waals surface area contributed by atoms with E-state index in [9.17, 15) is 4.79 Å². The van der Waals surface area contributed by atoms with E-state index in [4.69, 9.17) is 0 Å². The first-order valence-corrected chi connectivity index (χ1v) is 9.46. The molecule has 0 aliphatic heterocycles. The summed E-state index contributed by atoms with van der Waals surface area (Å²) in [5, 5.41) is 1.77. The van der Waals surface area contributed by atoms with Crippen LogP contribution in [0.3, 0.4) is 0 Å². The SMILES string of the molecule is CN(Cc1nc2ccccc2c(=O)[nH]1)c1ncnc2sc3c(c12)CCC3. The van der Waals surface area contributed by atoms with Gasteiger partial charge in [0.2, 0.25) is 0 Å². The Bertz CT molecular complexity index is 1200. The number of benzene rings is 1. The first kappa shape index (κ1) is 15.5. The van der Waals surface area contributed by atoms with E-state index >= 15 is 0 Å². The molecule has 1 aliphatic rings. The molecule has 5 rings (SSSR count). The van der Waals surface area contributed by atoms with E-state index in [0.717, 1.165) is 28.9 Å². The van der Waals surface area contributed by atoms with Crippen LogP contribution < -0.4 is 10.5 Å². The van der Waals surface area contributed by atoms with Crippen LogP contribution in [-0.2, 0) is 19.4 Å². The van der Waals surface area contributed by atoms with Crippen LogP contribution in [0.5, 0.6) is 0 Å². The fraction of sp³-hybridized carbons (Fsp3) is 0.263. The van der Waals surface area contributed by atoms with Crippen LogP contribution in [-0.4, -0.2) is 27.0 Å². The predicted molar refractivity (Wildman–Crippen MR) is 104 cm³/mol. The molecule has 0 saturated carbocycles. The minimum Gasteiger partial charge on any atom is -0.352 e. The van der Waals surface area contributed by atoms with Gasteiger partial charge in [-0.2, -0.15) is 0 Å². The number of nitrogens with one attached hydrogen (secondary N) is 1. The van der Waals surface area contributed by atoms with Crippen molar-refractivity contribution < 1.29 is 0 Å². The molecule has 7 heteroatoms. The van der Waals surface area contributed by atoms with E-state index in [2.05, 4.69) is 19.9 Å². The first-order chi connectivity index (χ1) is 12.7. The maximum absolute atomic E-state index is 12.3. The molecule has 0 amide bonds. The number of aromatic nitrogens is 4. The van der Waals surface area contributed by atoms with Gasteiger partial charge in [-0.25, -0.2) is 15.0 Å². The molecule has 1 aliphatic carbocycles. The Morgan fingerprint density at radius 2 is 2.12 bits per heavy atom. The number of nitrogens with zero attached hydrogens (tertiary/aromatic N) is 4. The summed E-state index contributed by atoms with van der Waals surface area (Å²) in [7, 11) is 1.98.